The van der Waals surface area contributed by atoms with Gasteiger partial charge in [0.25, 0.3) is 0 Å². The van der Waals surface area contributed by atoms with Crippen molar-refractivity contribution in [2.45, 2.75) is 45.4 Å². The van der Waals surface area contributed by atoms with E-state index in [9.17, 15) is 8.78 Å². The van der Waals surface area contributed by atoms with E-state index in [1.807, 2.05) is 0 Å². The average Bonchev–Trinajstić information content (AvgIpc) is 2.47. The monoisotopic (exact) mass is 345 g/mol. The molecule has 2 rings (SSSR count). The smallest absolute Gasteiger partial charge is 0.143 e. The van der Waals surface area contributed by atoms with E-state index >= 15 is 0 Å². The quantitative estimate of drug-likeness (QED) is 0.753. The third-order valence-electron chi connectivity index (χ3n) is 4.35. The highest BCUT2D eigenvalue weighted by molar-refractivity contribution is 9.10. The van der Waals surface area contributed by atoms with Gasteiger partial charge in [0.1, 0.15) is 11.6 Å². The van der Waals surface area contributed by atoms with Gasteiger partial charge >= 0.3 is 0 Å². The van der Waals surface area contributed by atoms with E-state index in [4.69, 9.17) is 0 Å². The summed E-state index contributed by atoms with van der Waals surface area (Å²) in [7, 11) is 0. The Morgan fingerprint density at radius 3 is 2.55 bits per heavy atom. The fourth-order valence-corrected chi connectivity index (χ4v) is 3.59. The van der Waals surface area contributed by atoms with Crippen LogP contribution in [0.25, 0.3) is 0 Å². The van der Waals surface area contributed by atoms with Crippen LogP contribution in [0.4, 0.5) is 8.78 Å². The maximum absolute atomic E-state index is 14.2. The summed E-state index contributed by atoms with van der Waals surface area (Å²) in [4.78, 5) is 0. The predicted octanol–water partition coefficient (Wildman–Crippen LogP) is 4.83. The van der Waals surface area contributed by atoms with Gasteiger partial charge < -0.3 is 5.32 Å². The first-order valence-corrected chi connectivity index (χ1v) is 8.20. The molecule has 1 N–H and O–H groups in total. The molecule has 0 heterocycles. The molecule has 20 heavy (non-hydrogen) atoms. The fraction of sp³-hybridized carbons (Fsp3) is 0.625. The van der Waals surface area contributed by atoms with Crippen LogP contribution in [0.3, 0.4) is 0 Å². The summed E-state index contributed by atoms with van der Waals surface area (Å²) in [5.74, 6) is -0.862. The summed E-state index contributed by atoms with van der Waals surface area (Å²) < 4.78 is 28.5. The first kappa shape index (κ1) is 15.9. The van der Waals surface area contributed by atoms with Crippen molar-refractivity contribution in [3.63, 3.8) is 0 Å². The van der Waals surface area contributed by atoms with Crippen molar-refractivity contribution >= 4 is 15.9 Å². The molecule has 1 aromatic rings. The lowest BCUT2D eigenvalue weighted by molar-refractivity contribution is 0.178. The lowest BCUT2D eigenvalue weighted by Gasteiger charge is -2.38. The maximum Gasteiger partial charge on any atom is 0.143 e. The van der Waals surface area contributed by atoms with Gasteiger partial charge in [-0.2, -0.15) is 0 Å². The highest BCUT2D eigenvalue weighted by atomic mass is 79.9. The van der Waals surface area contributed by atoms with Crippen molar-refractivity contribution in [2.75, 3.05) is 13.1 Å². The Bertz CT molecular complexity index is 456. The standard InChI is InChI=1S/C16H22BrF2N/c1-2-20-11-16(8-4-3-5-9-16)10-12-14(18)7-6-13(17)15(12)19/h6-7,20H,2-5,8-11H2,1H3. The van der Waals surface area contributed by atoms with Crippen molar-refractivity contribution < 1.29 is 8.78 Å². The van der Waals surface area contributed by atoms with Crippen LogP contribution in [-0.2, 0) is 6.42 Å². The van der Waals surface area contributed by atoms with E-state index in [0.29, 0.717) is 10.9 Å². The molecule has 0 radical (unpaired) electrons. The van der Waals surface area contributed by atoms with Crippen molar-refractivity contribution in [2.24, 2.45) is 5.41 Å². The lowest BCUT2D eigenvalue weighted by atomic mass is 9.70. The Morgan fingerprint density at radius 1 is 1.20 bits per heavy atom. The molecule has 1 aliphatic carbocycles. The molecule has 1 fully saturated rings. The van der Waals surface area contributed by atoms with E-state index in [2.05, 4.69) is 28.2 Å². The minimum Gasteiger partial charge on any atom is -0.316 e. The van der Waals surface area contributed by atoms with E-state index in [-0.39, 0.29) is 11.0 Å². The Hall–Kier alpha value is -0.480. The molecule has 1 aliphatic rings. The highest BCUT2D eigenvalue weighted by Crippen LogP contribution is 2.40. The minimum absolute atomic E-state index is 0.00324. The molecule has 4 heteroatoms. The first-order chi connectivity index (χ1) is 9.58. The fourth-order valence-electron chi connectivity index (χ4n) is 3.21. The van der Waals surface area contributed by atoms with Gasteiger partial charge in [-0.25, -0.2) is 8.78 Å². The van der Waals surface area contributed by atoms with Crippen LogP contribution < -0.4 is 5.32 Å². The molecular weight excluding hydrogens is 324 g/mol. The van der Waals surface area contributed by atoms with Crippen molar-refractivity contribution in [1.29, 1.82) is 0 Å². The second kappa shape index (κ2) is 6.99. The van der Waals surface area contributed by atoms with E-state index in [0.717, 1.165) is 38.8 Å². The second-order valence-corrected chi connectivity index (χ2v) is 6.69. The Morgan fingerprint density at radius 2 is 1.90 bits per heavy atom. The molecule has 0 aliphatic heterocycles. The number of hydrogen-bond acceptors (Lipinski definition) is 1. The van der Waals surface area contributed by atoms with Gasteiger partial charge in [0, 0.05) is 12.1 Å². The molecule has 0 unspecified atom stereocenters. The molecule has 0 bridgehead atoms. The van der Waals surface area contributed by atoms with Gasteiger partial charge in [0.05, 0.1) is 4.47 Å². The van der Waals surface area contributed by atoms with Gasteiger partial charge in [-0.05, 0) is 59.3 Å². The number of rotatable bonds is 5. The van der Waals surface area contributed by atoms with E-state index in [1.165, 1.54) is 18.6 Å². The summed E-state index contributed by atoms with van der Waals surface area (Å²) in [6.07, 6.45) is 6.12. The van der Waals surface area contributed by atoms with Crippen molar-refractivity contribution in [3.05, 3.63) is 33.8 Å². The number of halogens is 3. The van der Waals surface area contributed by atoms with Crippen molar-refractivity contribution in [1.82, 2.24) is 5.32 Å². The molecule has 0 spiro atoms. The third kappa shape index (κ3) is 3.59. The van der Waals surface area contributed by atoms with Crippen molar-refractivity contribution in [3.8, 4) is 0 Å². The maximum atomic E-state index is 14.2. The molecule has 0 saturated heterocycles. The Labute approximate surface area is 128 Å². The molecular formula is C16H22BrF2N. The van der Waals surface area contributed by atoms with Gasteiger partial charge in [0.2, 0.25) is 0 Å². The third-order valence-corrected chi connectivity index (χ3v) is 4.97. The lowest BCUT2D eigenvalue weighted by Crippen LogP contribution is -2.38. The summed E-state index contributed by atoms with van der Waals surface area (Å²) in [6, 6.07) is 2.79. The van der Waals surface area contributed by atoms with Crippen LogP contribution in [0, 0.1) is 17.0 Å². The van der Waals surface area contributed by atoms with Crippen LogP contribution in [0.1, 0.15) is 44.6 Å². The van der Waals surface area contributed by atoms with Crippen LogP contribution in [-0.4, -0.2) is 13.1 Å². The summed E-state index contributed by atoms with van der Waals surface area (Å²) in [6.45, 7) is 3.80. The zero-order valence-electron chi connectivity index (χ0n) is 11.9. The minimum atomic E-state index is -0.438. The summed E-state index contributed by atoms with van der Waals surface area (Å²) in [5.41, 5.74) is 0.232. The van der Waals surface area contributed by atoms with Gasteiger partial charge in [-0.3, -0.25) is 0 Å². The topological polar surface area (TPSA) is 12.0 Å². The van der Waals surface area contributed by atoms with Crippen LogP contribution in [0.2, 0.25) is 0 Å². The van der Waals surface area contributed by atoms with Gasteiger partial charge in [0.15, 0.2) is 0 Å². The molecule has 1 nitrogen and oxygen atoms in total. The van der Waals surface area contributed by atoms with Crippen LogP contribution in [0.15, 0.2) is 16.6 Å². The highest BCUT2D eigenvalue weighted by Gasteiger charge is 2.33. The number of nitrogens with one attached hydrogen (secondary N) is 1. The zero-order chi connectivity index (χ0) is 14.6. The zero-order valence-corrected chi connectivity index (χ0v) is 13.5. The predicted molar refractivity (Wildman–Crippen MR) is 81.8 cm³/mol. The largest absolute Gasteiger partial charge is 0.316 e. The molecule has 1 aromatic carbocycles. The number of hydrogen-bond donors (Lipinski definition) is 1. The molecule has 0 aromatic heterocycles. The molecule has 1 saturated carbocycles. The summed E-state index contributed by atoms with van der Waals surface area (Å²) in [5, 5.41) is 3.38. The summed E-state index contributed by atoms with van der Waals surface area (Å²) >= 11 is 3.16. The molecule has 0 amide bonds. The molecule has 112 valence electrons. The first-order valence-electron chi connectivity index (χ1n) is 7.41. The van der Waals surface area contributed by atoms with E-state index in [1.54, 1.807) is 0 Å². The Balaban J connectivity index is 2.25. The second-order valence-electron chi connectivity index (χ2n) is 5.84. The van der Waals surface area contributed by atoms with Gasteiger partial charge in [-0.15, -0.1) is 0 Å². The SMILES string of the molecule is CCNCC1(Cc2c(F)ccc(Br)c2F)CCCCC1. The van der Waals surface area contributed by atoms with E-state index < -0.39 is 11.6 Å². The van der Waals surface area contributed by atoms with Gasteiger partial charge in [-0.1, -0.05) is 26.2 Å². The van der Waals surface area contributed by atoms with Crippen LogP contribution >= 0.6 is 15.9 Å². The molecule has 0 atom stereocenters. The normalized spacial score (nSPS) is 18.2. The van der Waals surface area contributed by atoms with Crippen LogP contribution in [0.5, 0.6) is 0 Å². The number of benzene rings is 1. The average molecular weight is 346 g/mol. The Kier molecular flexibility index (Phi) is 5.56.